The lowest BCUT2D eigenvalue weighted by atomic mass is 9.78. The number of nitrogens with zero attached hydrogens (tertiary/aromatic N) is 4. The molecule has 1 aliphatic rings. The fraction of sp³-hybridized carbons (Fsp3) is 0.101. The summed E-state index contributed by atoms with van der Waals surface area (Å²) in [4.78, 5) is 19.9. The van der Waals surface area contributed by atoms with Crippen molar-refractivity contribution in [3.8, 4) is 73.1 Å². The summed E-state index contributed by atoms with van der Waals surface area (Å²) in [6.07, 6.45) is 3.58. The van der Waals surface area contributed by atoms with Crippen molar-refractivity contribution in [3.05, 3.63) is 279 Å². The Morgan fingerprint density at radius 2 is 0.630 bits per heavy atom. The fourth-order valence-corrected chi connectivity index (χ4v) is 18.3. The van der Waals surface area contributed by atoms with E-state index >= 15 is 0 Å². The standard InChI is InChI=1S/C41H23F3N2O3S2.C28H25BN2O2.C20H10F6O6S3/c42-41(43,44)51(47,48)49-28-21-26(20-27(22-28)29-16-8-17-35-32-13-5-6-18-37(32)50-40(29)35)24-9-7-10-25(19-24)36-23-45-38-33-14-3-1-11-30(33)31-12-2-4-15-34(31)39(38)46-36;1-27(2)28(3,4)33-29(32-27)19-11-9-10-18(16-19)24-17-30-25-22-14-7-5-12-20(22)21-13-6-8-15-23(21)26(25)31-24;21-19(22,23)34(27,28)31-12-8-11(9-13(10-12)32-35(29,30)20(24,25)26)14-5-3-6-16-15-4-1-2-7-17(15)33-18(14)16/h1-23H;5-17H,1-4H3;1-10H. The summed E-state index contributed by atoms with van der Waals surface area (Å²) in [5.41, 5.74) is -8.12. The molecule has 0 N–H and O–H groups in total. The highest BCUT2D eigenvalue weighted by molar-refractivity contribution is 7.88. The van der Waals surface area contributed by atoms with Gasteiger partial charge in [-0.1, -0.05) is 212 Å². The van der Waals surface area contributed by atoms with Crippen molar-refractivity contribution >= 4 is 171 Å². The van der Waals surface area contributed by atoms with Gasteiger partial charge in [0.15, 0.2) is 0 Å². The first kappa shape index (κ1) is 79.3. The van der Waals surface area contributed by atoms with Crippen LogP contribution in [-0.2, 0) is 39.7 Å². The summed E-state index contributed by atoms with van der Waals surface area (Å²) < 4.78 is 216. The molecular weight excluding hydrogens is 1640 g/mol. The molecule has 0 radical (unpaired) electrons. The van der Waals surface area contributed by atoms with Crippen LogP contribution in [0.1, 0.15) is 27.7 Å². The second kappa shape index (κ2) is 29.7. The van der Waals surface area contributed by atoms with Crippen molar-refractivity contribution in [1.82, 2.24) is 19.9 Å². The third-order valence-electron chi connectivity index (χ3n) is 20.7. The molecule has 1 aliphatic heterocycles. The molecule has 596 valence electrons. The average molecular weight is 1700 g/mol. The SMILES string of the molecule is CC1(C)OB(c2cccc(-c3cnc4c5ccccc5c5ccccc5c4n3)c2)OC1(C)C.O=S(=O)(Oc1cc(-c2cccc(-c3cnc4c5ccccc5c5ccccc5c4n3)c2)cc(-c2cccc3c2sc2ccccc23)c1)C(F)(F)F.O=S(=O)(Oc1cc(OS(=O)(=O)C(F)(F)F)cc(-c2cccc3c2sc2ccccc23)c1)C(F)(F)F. The van der Waals surface area contributed by atoms with Gasteiger partial charge in [0.25, 0.3) is 0 Å². The highest BCUT2D eigenvalue weighted by Gasteiger charge is 2.53. The third-order valence-corrected chi connectivity index (χ3v) is 26.1. The Labute approximate surface area is 681 Å². The second-order valence-electron chi connectivity index (χ2n) is 28.8. The fourth-order valence-electron chi connectivity index (χ4n) is 14.5. The van der Waals surface area contributed by atoms with Gasteiger partial charge < -0.3 is 21.9 Å². The van der Waals surface area contributed by atoms with Gasteiger partial charge in [0.1, 0.15) is 17.2 Å². The van der Waals surface area contributed by atoms with Gasteiger partial charge in [-0.15, -0.1) is 22.7 Å². The Morgan fingerprint density at radius 1 is 0.319 bits per heavy atom. The molecular formula is C89H58BF9N4O11S5. The second-order valence-corrected chi connectivity index (χ2v) is 35.5. The molecule has 0 unspecified atom stereocenters. The molecule has 18 aromatic rings. The number of rotatable bonds is 12. The number of aromatic nitrogens is 4. The molecule has 5 heterocycles. The minimum atomic E-state index is -6.23. The van der Waals surface area contributed by atoms with Crippen LogP contribution in [0.5, 0.6) is 17.2 Å². The van der Waals surface area contributed by atoms with Gasteiger partial charge >= 0.3 is 54.0 Å². The maximum atomic E-state index is 13.5. The van der Waals surface area contributed by atoms with Crippen molar-refractivity contribution in [3.63, 3.8) is 0 Å². The minimum absolute atomic E-state index is 0.149. The summed E-state index contributed by atoms with van der Waals surface area (Å²) in [6.45, 7) is 8.28. The summed E-state index contributed by atoms with van der Waals surface area (Å²) in [7, 11) is -18.8. The molecule has 0 atom stereocenters. The van der Waals surface area contributed by atoms with Gasteiger partial charge in [-0.05, 0) is 137 Å². The Morgan fingerprint density at radius 3 is 1.04 bits per heavy atom. The molecule has 1 fully saturated rings. The molecule has 0 bridgehead atoms. The predicted octanol–water partition coefficient (Wildman–Crippen LogP) is 23.6. The van der Waals surface area contributed by atoms with E-state index in [-0.39, 0.29) is 22.3 Å². The lowest BCUT2D eigenvalue weighted by Crippen LogP contribution is -2.41. The van der Waals surface area contributed by atoms with E-state index in [2.05, 4.69) is 109 Å². The Hall–Kier alpha value is -12.2. The summed E-state index contributed by atoms with van der Waals surface area (Å²) >= 11 is 2.81. The maximum Gasteiger partial charge on any atom is 0.534 e. The molecule has 1 saturated heterocycles. The number of fused-ring (bicyclic) bond motifs is 18. The number of halogens is 9. The zero-order valence-electron chi connectivity index (χ0n) is 62.4. The molecule has 30 heteroatoms. The lowest BCUT2D eigenvalue weighted by molar-refractivity contribution is -0.0505. The first-order valence-electron chi connectivity index (χ1n) is 36.4. The van der Waals surface area contributed by atoms with Gasteiger partial charge in [-0.25, -0.2) is 9.97 Å². The Bertz CT molecular complexity index is 7410. The molecule has 4 aromatic heterocycles. The Balaban J connectivity index is 0.000000132. The van der Waals surface area contributed by atoms with Crippen molar-refractivity contribution in [2.45, 2.75) is 55.4 Å². The smallest absolute Gasteiger partial charge is 0.399 e. The number of hydrogen-bond acceptors (Lipinski definition) is 17. The molecule has 14 aromatic carbocycles. The first-order valence-corrected chi connectivity index (χ1v) is 42.3. The molecule has 0 amide bonds. The van der Waals surface area contributed by atoms with E-state index in [4.69, 9.17) is 33.4 Å². The minimum Gasteiger partial charge on any atom is -0.399 e. The number of hydrogen-bond donors (Lipinski definition) is 0. The largest absolute Gasteiger partial charge is 0.534 e. The number of thiophene rings is 2. The zero-order valence-corrected chi connectivity index (χ0v) is 66.4. The van der Waals surface area contributed by atoms with E-state index in [1.54, 1.807) is 53.9 Å². The van der Waals surface area contributed by atoms with Crippen LogP contribution in [0, 0.1) is 0 Å². The molecule has 119 heavy (non-hydrogen) atoms. The van der Waals surface area contributed by atoms with Crippen LogP contribution in [0.4, 0.5) is 39.5 Å². The Kier molecular flexibility index (Phi) is 19.8. The van der Waals surface area contributed by atoms with Crippen molar-refractivity contribution < 1.29 is 86.6 Å². The molecule has 15 nitrogen and oxygen atoms in total. The topological polar surface area (TPSA) is 200 Å². The summed E-state index contributed by atoms with van der Waals surface area (Å²) in [6, 6.07) is 80.5. The van der Waals surface area contributed by atoms with Crippen molar-refractivity contribution in [2.24, 2.45) is 0 Å². The van der Waals surface area contributed by atoms with Gasteiger partial charge in [-0.3, -0.25) is 9.97 Å². The highest BCUT2D eigenvalue weighted by atomic mass is 32.2. The zero-order chi connectivity index (χ0) is 83.5. The van der Waals surface area contributed by atoms with Crippen LogP contribution in [-0.4, -0.2) is 80.0 Å². The van der Waals surface area contributed by atoms with Crippen molar-refractivity contribution in [1.29, 1.82) is 0 Å². The average Bonchev–Trinajstić information content (AvgIpc) is 1.56. The van der Waals surface area contributed by atoms with Gasteiger partial charge in [0, 0.05) is 79.1 Å². The monoisotopic (exact) mass is 1700 g/mol. The number of benzene rings is 14. The van der Waals surface area contributed by atoms with E-state index in [1.165, 1.54) is 40.3 Å². The molecule has 0 aliphatic carbocycles. The first-order chi connectivity index (χ1) is 56.6. The van der Waals surface area contributed by atoms with E-state index < -0.39 is 71.2 Å². The van der Waals surface area contributed by atoms with E-state index in [0.29, 0.717) is 38.5 Å². The quantitative estimate of drug-likeness (QED) is 0.0367. The van der Waals surface area contributed by atoms with E-state index in [9.17, 15) is 64.8 Å². The third kappa shape index (κ3) is 14.9. The molecule has 19 rings (SSSR count). The van der Waals surface area contributed by atoms with Crippen LogP contribution in [0.2, 0.25) is 0 Å². The summed E-state index contributed by atoms with van der Waals surface area (Å²) in [5.74, 6) is -2.66. The van der Waals surface area contributed by atoms with Gasteiger partial charge in [-0.2, -0.15) is 64.8 Å². The lowest BCUT2D eigenvalue weighted by Gasteiger charge is -2.32. The number of alkyl halides is 9. The van der Waals surface area contributed by atoms with Crippen LogP contribution < -0.4 is 18.0 Å². The predicted molar refractivity (Wildman–Crippen MR) is 451 cm³/mol. The van der Waals surface area contributed by atoms with Crippen LogP contribution in [0.15, 0.2) is 279 Å². The van der Waals surface area contributed by atoms with Crippen LogP contribution >= 0.6 is 22.7 Å². The maximum absolute atomic E-state index is 13.5. The van der Waals surface area contributed by atoms with Crippen molar-refractivity contribution in [2.75, 3.05) is 0 Å². The molecule has 0 spiro atoms. The van der Waals surface area contributed by atoms with Gasteiger partial charge in [0.05, 0.1) is 57.1 Å². The van der Waals surface area contributed by atoms with Crippen LogP contribution in [0.3, 0.4) is 0 Å². The normalized spacial score (nSPS) is 14.0. The summed E-state index contributed by atoms with van der Waals surface area (Å²) in [5, 5.41) is 12.3. The van der Waals surface area contributed by atoms with E-state index in [0.717, 1.165) is 125 Å². The highest BCUT2D eigenvalue weighted by Crippen LogP contribution is 2.47. The van der Waals surface area contributed by atoms with Gasteiger partial charge in [0.2, 0.25) is 0 Å². The molecule has 0 saturated carbocycles. The van der Waals surface area contributed by atoms with E-state index in [1.807, 2.05) is 128 Å². The van der Waals surface area contributed by atoms with Crippen LogP contribution in [0.25, 0.3) is 161 Å².